The number of rotatable bonds is 7. The van der Waals surface area contributed by atoms with Crippen LogP contribution in [0, 0.1) is 30.9 Å². The number of non-ortho nitro benzene ring substituents is 1. The van der Waals surface area contributed by atoms with Gasteiger partial charge in [-0.3, -0.25) is 24.5 Å². The molecule has 0 saturated heterocycles. The second-order valence-corrected chi connectivity index (χ2v) is 9.26. The first-order valence-electron chi connectivity index (χ1n) is 10.5. The van der Waals surface area contributed by atoms with Crippen molar-refractivity contribution in [3.05, 3.63) is 86.2 Å². The molecule has 2 heterocycles. The first-order valence-corrected chi connectivity index (χ1v) is 11.7. The van der Waals surface area contributed by atoms with E-state index >= 15 is 0 Å². The number of fused-ring (bicyclic) bond motifs is 1. The number of hydrogen-bond acceptors (Lipinski definition) is 6. The topological polar surface area (TPSA) is 94.2 Å². The predicted octanol–water partition coefficient (Wildman–Crippen LogP) is 5.73. The highest BCUT2D eigenvalue weighted by Gasteiger charge is 2.20. The molecule has 174 valence electrons. The number of benzene rings is 2. The largest absolute Gasteiger partial charge is 0.283 e. The van der Waals surface area contributed by atoms with E-state index in [1.54, 1.807) is 23.1 Å². The van der Waals surface area contributed by atoms with Crippen LogP contribution in [0.1, 0.15) is 22.5 Å². The van der Waals surface area contributed by atoms with E-state index in [9.17, 15) is 14.9 Å². The number of amides is 1. The van der Waals surface area contributed by atoms with E-state index < -0.39 is 4.92 Å². The molecule has 0 saturated carbocycles. The van der Waals surface area contributed by atoms with Gasteiger partial charge < -0.3 is 0 Å². The molecule has 0 aliphatic rings. The lowest BCUT2D eigenvalue weighted by molar-refractivity contribution is -0.384. The lowest BCUT2D eigenvalue weighted by atomic mass is 10.2. The molecule has 0 atom stereocenters. The summed E-state index contributed by atoms with van der Waals surface area (Å²) in [7, 11) is 0. The van der Waals surface area contributed by atoms with Gasteiger partial charge in [-0.05, 0) is 56.2 Å². The number of halogens is 1. The molecule has 34 heavy (non-hydrogen) atoms. The average Bonchev–Trinajstić information content (AvgIpc) is 3.38. The number of nitro benzene ring substituents is 1. The van der Waals surface area contributed by atoms with Gasteiger partial charge in [0.05, 0.1) is 27.4 Å². The molecule has 0 aliphatic heterocycles. The van der Waals surface area contributed by atoms with Crippen LogP contribution in [0.15, 0.2) is 48.5 Å². The number of nitrogens with zero attached hydrogens (tertiary/aromatic N) is 5. The van der Waals surface area contributed by atoms with Crippen LogP contribution in [0.3, 0.4) is 0 Å². The van der Waals surface area contributed by atoms with E-state index in [1.165, 1.54) is 29.5 Å². The number of aryl methyl sites for hydroxylation is 3. The Morgan fingerprint density at radius 3 is 2.74 bits per heavy atom. The number of aromatic nitrogens is 3. The third kappa shape index (κ3) is 5.00. The van der Waals surface area contributed by atoms with Gasteiger partial charge >= 0.3 is 0 Å². The molecule has 0 aliphatic carbocycles. The quantitative estimate of drug-likeness (QED) is 0.185. The van der Waals surface area contributed by atoms with Gasteiger partial charge in [-0.25, -0.2) is 4.98 Å². The Morgan fingerprint density at radius 2 is 2.03 bits per heavy atom. The number of anilines is 1. The van der Waals surface area contributed by atoms with E-state index in [2.05, 4.69) is 5.10 Å². The fraction of sp³-hybridized carbons (Fsp3) is 0.208. The van der Waals surface area contributed by atoms with Crippen molar-refractivity contribution in [3.8, 4) is 0 Å². The van der Waals surface area contributed by atoms with Gasteiger partial charge in [-0.15, -0.1) is 0 Å². The van der Waals surface area contributed by atoms with Crippen molar-refractivity contribution < 1.29 is 9.72 Å². The Morgan fingerprint density at radius 1 is 1.24 bits per heavy atom. The van der Waals surface area contributed by atoms with Crippen LogP contribution in [-0.2, 0) is 11.3 Å². The highest BCUT2D eigenvalue weighted by atomic mass is 35.5. The van der Waals surface area contributed by atoms with E-state index in [-0.39, 0.29) is 11.6 Å². The molecule has 4 aromatic rings. The van der Waals surface area contributed by atoms with Gasteiger partial charge in [0.2, 0.25) is 0 Å². The third-order valence-electron chi connectivity index (χ3n) is 5.37. The maximum atomic E-state index is 13.3. The van der Waals surface area contributed by atoms with Gasteiger partial charge in [-0.2, -0.15) is 5.10 Å². The van der Waals surface area contributed by atoms with Crippen LogP contribution in [0.25, 0.3) is 16.3 Å². The van der Waals surface area contributed by atoms with Crippen LogP contribution >= 0.6 is 22.9 Å². The standard InChI is InChI=1S/C24H22ClN5O3S/c1-15-13-16(2)29(27-15)12-11-28(24-26-23-17(3)20(25)8-9-21(23)34-24)22(31)10-7-18-5-4-6-19(14-18)30(32)33/h4-10,13-14H,11-12H2,1-3H3/b10-7+. The smallest absolute Gasteiger partial charge is 0.270 e. The Labute approximate surface area is 205 Å². The maximum absolute atomic E-state index is 13.3. The Balaban J connectivity index is 1.66. The number of carbonyl (C=O) groups is 1. The summed E-state index contributed by atoms with van der Waals surface area (Å²) in [6.07, 6.45) is 2.98. The van der Waals surface area contributed by atoms with E-state index in [0.29, 0.717) is 28.8 Å². The van der Waals surface area contributed by atoms with Crippen LogP contribution in [0.2, 0.25) is 5.02 Å². The first kappa shape index (κ1) is 23.6. The van der Waals surface area contributed by atoms with Crippen molar-refractivity contribution >= 4 is 56.0 Å². The van der Waals surface area contributed by atoms with Crippen molar-refractivity contribution in [1.29, 1.82) is 0 Å². The molecule has 0 N–H and O–H groups in total. The monoisotopic (exact) mass is 495 g/mol. The van der Waals surface area contributed by atoms with Gasteiger partial charge in [0, 0.05) is 35.5 Å². The molecular weight excluding hydrogens is 474 g/mol. The molecule has 2 aromatic carbocycles. The molecule has 0 fully saturated rings. The van der Waals surface area contributed by atoms with E-state index in [4.69, 9.17) is 16.6 Å². The third-order valence-corrected chi connectivity index (χ3v) is 6.82. The van der Waals surface area contributed by atoms with Crippen LogP contribution in [0.4, 0.5) is 10.8 Å². The minimum Gasteiger partial charge on any atom is -0.283 e. The number of hydrogen-bond donors (Lipinski definition) is 0. The zero-order valence-electron chi connectivity index (χ0n) is 18.9. The minimum atomic E-state index is -0.464. The van der Waals surface area contributed by atoms with Crippen molar-refractivity contribution in [2.24, 2.45) is 0 Å². The summed E-state index contributed by atoms with van der Waals surface area (Å²) in [5.74, 6) is -0.282. The van der Waals surface area contributed by atoms with Crippen LogP contribution in [0.5, 0.6) is 0 Å². The maximum Gasteiger partial charge on any atom is 0.270 e. The summed E-state index contributed by atoms with van der Waals surface area (Å²) in [6, 6.07) is 11.8. The van der Waals surface area contributed by atoms with Crippen molar-refractivity contribution in [2.75, 3.05) is 11.4 Å². The van der Waals surface area contributed by atoms with Gasteiger partial charge in [-0.1, -0.05) is 35.1 Å². The fourth-order valence-corrected chi connectivity index (χ4v) is 4.81. The summed E-state index contributed by atoms with van der Waals surface area (Å²) in [5, 5.41) is 16.7. The SMILES string of the molecule is Cc1cc(C)n(CCN(C(=O)/C=C/c2cccc([N+](=O)[O-])c2)c2nc3c(C)c(Cl)ccc3s2)n1. The highest BCUT2D eigenvalue weighted by molar-refractivity contribution is 7.22. The second-order valence-electron chi connectivity index (χ2n) is 7.84. The molecular formula is C24H22ClN5O3S. The molecule has 0 spiro atoms. The second kappa shape index (κ2) is 9.74. The summed E-state index contributed by atoms with van der Waals surface area (Å²) >= 11 is 7.68. The number of nitro groups is 1. The zero-order chi connectivity index (χ0) is 24.4. The highest BCUT2D eigenvalue weighted by Crippen LogP contribution is 2.33. The Kier molecular flexibility index (Phi) is 6.76. The number of thiazole rings is 1. The molecule has 0 radical (unpaired) electrons. The molecule has 8 nitrogen and oxygen atoms in total. The minimum absolute atomic E-state index is 0.0329. The summed E-state index contributed by atoms with van der Waals surface area (Å²) in [5.41, 5.74) is 4.07. The van der Waals surface area contributed by atoms with Gasteiger partial charge in [0.15, 0.2) is 5.13 Å². The van der Waals surface area contributed by atoms with E-state index in [1.807, 2.05) is 43.7 Å². The van der Waals surface area contributed by atoms with E-state index in [0.717, 1.165) is 27.2 Å². The molecule has 0 bridgehead atoms. The van der Waals surface area contributed by atoms with Crippen LogP contribution in [-0.4, -0.2) is 32.1 Å². The lowest BCUT2D eigenvalue weighted by Gasteiger charge is -2.18. The summed E-state index contributed by atoms with van der Waals surface area (Å²) in [6.45, 7) is 6.64. The lowest BCUT2D eigenvalue weighted by Crippen LogP contribution is -2.33. The fourth-order valence-electron chi connectivity index (χ4n) is 3.60. The van der Waals surface area contributed by atoms with Crippen LogP contribution < -0.4 is 4.90 Å². The van der Waals surface area contributed by atoms with Gasteiger partial charge in [0.1, 0.15) is 0 Å². The zero-order valence-corrected chi connectivity index (χ0v) is 20.4. The normalized spacial score (nSPS) is 11.4. The first-order chi connectivity index (χ1) is 16.2. The summed E-state index contributed by atoms with van der Waals surface area (Å²) in [4.78, 5) is 30.2. The molecule has 10 heteroatoms. The van der Waals surface area contributed by atoms with Crippen molar-refractivity contribution in [3.63, 3.8) is 0 Å². The van der Waals surface area contributed by atoms with Gasteiger partial charge in [0.25, 0.3) is 11.6 Å². The van der Waals surface area contributed by atoms with Crippen molar-refractivity contribution in [1.82, 2.24) is 14.8 Å². The molecule has 1 amide bonds. The Bertz CT molecular complexity index is 1430. The summed E-state index contributed by atoms with van der Waals surface area (Å²) < 4.78 is 2.79. The molecule has 4 rings (SSSR count). The number of carbonyl (C=O) groups excluding carboxylic acids is 1. The molecule has 0 unspecified atom stereocenters. The molecule has 2 aromatic heterocycles. The van der Waals surface area contributed by atoms with Crippen molar-refractivity contribution in [2.45, 2.75) is 27.3 Å². The predicted molar refractivity (Wildman–Crippen MR) is 136 cm³/mol. The Hall–Kier alpha value is -3.56. The average molecular weight is 496 g/mol.